The summed E-state index contributed by atoms with van der Waals surface area (Å²) in [7, 11) is 1.33. The summed E-state index contributed by atoms with van der Waals surface area (Å²) in [5, 5.41) is 3.84. The maximum absolute atomic E-state index is 11.6. The normalized spacial score (nSPS) is 11.5. The zero-order chi connectivity index (χ0) is 16.8. The van der Waals surface area contributed by atoms with E-state index in [1.807, 2.05) is 20.8 Å². The molecule has 0 amide bonds. The van der Waals surface area contributed by atoms with Crippen LogP contribution in [0.5, 0.6) is 0 Å². The van der Waals surface area contributed by atoms with Gasteiger partial charge in [0.15, 0.2) is 0 Å². The van der Waals surface area contributed by atoms with Gasteiger partial charge in [-0.1, -0.05) is 0 Å². The second-order valence-corrected chi connectivity index (χ2v) is 7.95. The van der Waals surface area contributed by atoms with E-state index < -0.39 is 27.3 Å². The third kappa shape index (κ3) is 6.39. The van der Waals surface area contributed by atoms with Crippen LogP contribution in [0.2, 0.25) is 5.21 Å². The molecule has 22 heavy (non-hydrogen) atoms. The fourth-order valence-corrected chi connectivity index (χ4v) is 3.15. The summed E-state index contributed by atoms with van der Waals surface area (Å²) < 4.78 is 9.80. The van der Waals surface area contributed by atoms with Crippen LogP contribution in [0.1, 0.15) is 31.1 Å². The summed E-state index contributed by atoms with van der Waals surface area (Å²) in [6.07, 6.45) is 0. The van der Waals surface area contributed by atoms with E-state index in [2.05, 4.69) is 10.1 Å². The molecule has 1 aromatic carbocycles. The van der Waals surface area contributed by atoms with Gasteiger partial charge in [-0.15, -0.1) is 0 Å². The Morgan fingerprint density at radius 3 is 2.59 bits per heavy atom. The minimum absolute atomic E-state index is 0.137. The predicted octanol–water partition coefficient (Wildman–Crippen LogP) is 2.52. The summed E-state index contributed by atoms with van der Waals surface area (Å²) in [6, 6.07) is 4.90. The zero-order valence-electron chi connectivity index (χ0n) is 13.3. The quantitative estimate of drug-likeness (QED) is 0.347. The van der Waals surface area contributed by atoms with Crippen LogP contribution in [-0.4, -0.2) is 45.7 Å². The van der Waals surface area contributed by atoms with Gasteiger partial charge in [0.1, 0.15) is 0 Å². The van der Waals surface area contributed by atoms with E-state index in [1.165, 1.54) is 7.11 Å². The molecule has 0 aliphatic heterocycles. The molecular formula is C15H22AsN2O4. The fraction of sp³-hybridized carbons (Fsp3) is 0.467. The van der Waals surface area contributed by atoms with Crippen molar-refractivity contribution in [1.82, 2.24) is 0 Å². The number of nitrogen functional groups attached to an aromatic ring is 1. The minimum atomic E-state index is -0.543. The second-order valence-electron chi connectivity index (χ2n) is 5.58. The number of anilines is 2. The van der Waals surface area contributed by atoms with Gasteiger partial charge < -0.3 is 0 Å². The Hall–Kier alpha value is -1.68. The van der Waals surface area contributed by atoms with Crippen molar-refractivity contribution in [3.63, 3.8) is 0 Å². The van der Waals surface area contributed by atoms with Crippen molar-refractivity contribution in [1.29, 1.82) is 0 Å². The number of methoxy groups -OCH3 is 1. The number of nitrogens with one attached hydrogen (secondary N) is 1. The number of carbonyl (C=O) groups excluding carboxylic acids is 2. The molecule has 121 valence electrons. The van der Waals surface area contributed by atoms with E-state index in [-0.39, 0.29) is 4.76 Å². The van der Waals surface area contributed by atoms with E-state index in [1.54, 1.807) is 18.2 Å². The molecule has 0 saturated carbocycles. The summed E-state index contributed by atoms with van der Waals surface area (Å²) in [5.41, 5.74) is 7.05. The molecule has 0 bridgehead atoms. The predicted molar refractivity (Wildman–Crippen MR) is 87.5 cm³/mol. The first-order valence-electron chi connectivity index (χ1n) is 6.85. The molecule has 0 spiro atoms. The van der Waals surface area contributed by atoms with Crippen molar-refractivity contribution in [2.75, 3.05) is 24.7 Å². The van der Waals surface area contributed by atoms with Gasteiger partial charge in [-0.2, -0.15) is 0 Å². The Labute approximate surface area is 137 Å². The molecule has 7 heteroatoms. The molecule has 0 atom stereocenters. The Morgan fingerprint density at radius 1 is 1.32 bits per heavy atom. The molecule has 1 aromatic rings. The van der Waals surface area contributed by atoms with Crippen LogP contribution in [0.15, 0.2) is 18.2 Å². The van der Waals surface area contributed by atoms with E-state index in [0.717, 1.165) is 0 Å². The van der Waals surface area contributed by atoms with Crippen LogP contribution in [-0.2, 0) is 9.47 Å². The number of hydrogen-bond donors (Lipinski definition) is 2. The van der Waals surface area contributed by atoms with Crippen molar-refractivity contribution < 1.29 is 19.1 Å². The molecular weight excluding hydrogens is 347 g/mol. The molecule has 0 heterocycles. The van der Waals surface area contributed by atoms with Crippen LogP contribution < -0.4 is 11.1 Å². The first kappa shape index (κ1) is 18.4. The molecule has 0 unspecified atom stereocenters. The third-order valence-corrected chi connectivity index (χ3v) is 4.21. The number of ether oxygens (including phenoxy) is 2. The van der Waals surface area contributed by atoms with Crippen LogP contribution in [0.3, 0.4) is 0 Å². The Bertz CT molecular complexity index is 541. The van der Waals surface area contributed by atoms with Crippen LogP contribution >= 0.6 is 0 Å². The summed E-state index contributed by atoms with van der Waals surface area (Å²) >= 11 is -0.543. The van der Waals surface area contributed by atoms with Gasteiger partial charge in [0.05, 0.1) is 0 Å². The third-order valence-electron chi connectivity index (χ3n) is 2.54. The SMILES string of the molecule is COC(=O)c1ccc(N)c(NCC[As]C(=O)OC(C)(C)C)c1. The molecule has 3 N–H and O–H groups in total. The van der Waals surface area contributed by atoms with Crippen molar-refractivity contribution in [2.45, 2.75) is 31.6 Å². The van der Waals surface area contributed by atoms with E-state index in [0.29, 0.717) is 28.7 Å². The number of benzene rings is 1. The molecule has 1 radical (unpaired) electrons. The van der Waals surface area contributed by atoms with Crippen LogP contribution in [0, 0.1) is 0 Å². The van der Waals surface area contributed by atoms with Gasteiger partial charge in [0.2, 0.25) is 0 Å². The first-order chi connectivity index (χ1) is 10.2. The standard InChI is InChI=1S/C15H22AsN2O4/c1-15(2,3)22-14(20)16-7-8-18-12-9-10(13(19)21-4)5-6-11(12)17/h5-6,9,18H,7-8,17H2,1-4H3. The van der Waals surface area contributed by atoms with Crippen molar-refractivity contribution in [3.8, 4) is 0 Å². The summed E-state index contributed by atoms with van der Waals surface area (Å²) in [5.74, 6) is -0.414. The summed E-state index contributed by atoms with van der Waals surface area (Å²) in [4.78, 5) is 23.1. The fourth-order valence-electron chi connectivity index (χ4n) is 1.59. The van der Waals surface area contributed by atoms with Gasteiger partial charge in [0.25, 0.3) is 0 Å². The van der Waals surface area contributed by atoms with Crippen molar-refractivity contribution in [3.05, 3.63) is 23.8 Å². The summed E-state index contributed by atoms with van der Waals surface area (Å²) in [6.45, 7) is 6.14. The van der Waals surface area contributed by atoms with E-state index >= 15 is 0 Å². The number of rotatable bonds is 6. The van der Waals surface area contributed by atoms with E-state index in [4.69, 9.17) is 10.5 Å². The zero-order valence-corrected chi connectivity index (χ0v) is 15.2. The second kappa shape index (κ2) is 8.08. The van der Waals surface area contributed by atoms with Crippen LogP contribution in [0.4, 0.5) is 16.2 Å². The van der Waals surface area contributed by atoms with Gasteiger partial charge >= 0.3 is 137 Å². The van der Waals surface area contributed by atoms with Crippen molar-refractivity contribution in [2.24, 2.45) is 0 Å². The van der Waals surface area contributed by atoms with Crippen molar-refractivity contribution >= 4 is 37.9 Å². The van der Waals surface area contributed by atoms with Gasteiger partial charge in [-0.3, -0.25) is 0 Å². The molecule has 0 saturated heterocycles. The molecule has 0 aliphatic carbocycles. The van der Waals surface area contributed by atoms with Gasteiger partial charge in [-0.05, 0) is 0 Å². The Morgan fingerprint density at radius 2 is 2.00 bits per heavy atom. The van der Waals surface area contributed by atoms with E-state index in [9.17, 15) is 9.59 Å². The molecule has 0 aliphatic rings. The average Bonchev–Trinajstić information content (AvgIpc) is 2.42. The molecule has 1 rings (SSSR count). The topological polar surface area (TPSA) is 90.6 Å². The van der Waals surface area contributed by atoms with Gasteiger partial charge in [-0.25, -0.2) is 0 Å². The van der Waals surface area contributed by atoms with Gasteiger partial charge in [0, 0.05) is 0 Å². The number of hydrogen-bond acceptors (Lipinski definition) is 6. The monoisotopic (exact) mass is 369 g/mol. The van der Waals surface area contributed by atoms with Crippen LogP contribution in [0.25, 0.3) is 0 Å². The number of nitrogens with two attached hydrogens (primary N) is 1. The average molecular weight is 369 g/mol. The molecule has 0 aromatic heterocycles. The maximum atomic E-state index is 11.6. The number of carbonyl (C=O) groups is 2. The first-order valence-corrected chi connectivity index (χ1v) is 9.11. The Balaban J connectivity index is 2.48. The molecule has 6 nitrogen and oxygen atoms in total. The number of esters is 1. The molecule has 0 fully saturated rings. The Kier molecular flexibility index (Phi) is 6.75.